The summed E-state index contributed by atoms with van der Waals surface area (Å²) >= 11 is 0. The van der Waals surface area contributed by atoms with Gasteiger partial charge < -0.3 is 5.11 Å². The van der Waals surface area contributed by atoms with Gasteiger partial charge in [0.2, 0.25) is 0 Å². The van der Waals surface area contributed by atoms with Crippen molar-refractivity contribution in [1.82, 2.24) is 0 Å². The smallest absolute Gasteiger partial charge is 0.355 e. The fourth-order valence-corrected chi connectivity index (χ4v) is 0.542. The second kappa shape index (κ2) is 4.32. The van der Waals surface area contributed by atoms with E-state index in [1.165, 1.54) is 0 Å². The fraction of sp³-hybridized carbons (Fsp3) is 0.833. The minimum absolute atomic E-state index is 0.0465. The van der Waals surface area contributed by atoms with Gasteiger partial charge in [0.1, 0.15) is 0 Å². The molecule has 0 aliphatic carbocycles. The SMILES string of the molecule is CC(O)CCCC([O])=O. The van der Waals surface area contributed by atoms with Crippen molar-refractivity contribution in [3.05, 3.63) is 0 Å². The average Bonchev–Trinajstić information content (AvgIpc) is 1.63. The van der Waals surface area contributed by atoms with E-state index in [1.54, 1.807) is 6.92 Å². The highest BCUT2D eigenvalue weighted by atomic mass is 16.4. The molecular formula is C6H11O3. The van der Waals surface area contributed by atoms with Crippen LogP contribution >= 0.6 is 0 Å². The normalized spacial score (nSPS) is 13.1. The zero-order valence-corrected chi connectivity index (χ0v) is 5.46. The molecule has 1 unspecified atom stereocenters. The van der Waals surface area contributed by atoms with Crippen molar-refractivity contribution in [2.45, 2.75) is 32.3 Å². The molecule has 0 saturated carbocycles. The van der Waals surface area contributed by atoms with E-state index in [1.807, 2.05) is 0 Å². The zero-order chi connectivity index (χ0) is 7.28. The Kier molecular flexibility index (Phi) is 4.05. The molecule has 0 aliphatic rings. The molecule has 1 atom stereocenters. The van der Waals surface area contributed by atoms with Crippen LogP contribution in [0.4, 0.5) is 0 Å². The van der Waals surface area contributed by atoms with Crippen LogP contribution in [0, 0.1) is 0 Å². The standard InChI is InChI=1S/C6H11O3/c1-5(7)3-2-4-6(8)9/h5,7H,2-4H2,1H3. The summed E-state index contributed by atoms with van der Waals surface area (Å²) in [5, 5.41) is 18.4. The third-order valence-electron chi connectivity index (χ3n) is 1.00. The van der Waals surface area contributed by atoms with E-state index in [2.05, 4.69) is 0 Å². The summed E-state index contributed by atoms with van der Waals surface area (Å²) in [5.41, 5.74) is 0. The quantitative estimate of drug-likeness (QED) is 0.603. The fourth-order valence-electron chi connectivity index (χ4n) is 0.542. The third kappa shape index (κ3) is 7.43. The van der Waals surface area contributed by atoms with Gasteiger partial charge in [-0.3, -0.25) is 0 Å². The monoisotopic (exact) mass is 131 g/mol. The molecule has 0 aromatic heterocycles. The maximum atomic E-state index is 9.79. The van der Waals surface area contributed by atoms with E-state index in [4.69, 9.17) is 5.11 Å². The van der Waals surface area contributed by atoms with Crippen LogP contribution in [0.5, 0.6) is 0 Å². The first kappa shape index (κ1) is 8.43. The molecule has 9 heavy (non-hydrogen) atoms. The molecule has 1 radical (unpaired) electrons. The molecule has 0 aliphatic heterocycles. The van der Waals surface area contributed by atoms with Crippen LogP contribution in [0.2, 0.25) is 0 Å². The number of carbonyl (C=O) groups excluding carboxylic acids is 1. The molecule has 1 N–H and O–H groups in total. The Balaban J connectivity index is 3.01. The lowest BCUT2D eigenvalue weighted by Gasteiger charge is -1.98. The molecule has 0 spiro atoms. The Morgan fingerprint density at radius 3 is 2.56 bits per heavy atom. The lowest BCUT2D eigenvalue weighted by Crippen LogP contribution is -2.00. The maximum absolute atomic E-state index is 9.79. The molecule has 0 amide bonds. The molecule has 0 rings (SSSR count). The first-order valence-electron chi connectivity index (χ1n) is 3.01. The Hall–Kier alpha value is -0.570. The Morgan fingerprint density at radius 1 is 1.67 bits per heavy atom. The van der Waals surface area contributed by atoms with Crippen molar-refractivity contribution in [3.8, 4) is 0 Å². The molecule has 53 valence electrons. The second-order valence-electron chi connectivity index (χ2n) is 2.11. The van der Waals surface area contributed by atoms with Crippen LogP contribution in [0.15, 0.2) is 0 Å². The van der Waals surface area contributed by atoms with Crippen molar-refractivity contribution in [2.24, 2.45) is 0 Å². The third-order valence-corrected chi connectivity index (χ3v) is 1.00. The lowest BCUT2D eigenvalue weighted by atomic mass is 10.2. The molecule has 3 heteroatoms. The van der Waals surface area contributed by atoms with E-state index >= 15 is 0 Å². The van der Waals surface area contributed by atoms with Crippen LogP contribution in [-0.4, -0.2) is 17.2 Å². The molecule has 0 heterocycles. The molecule has 0 fully saturated rings. The van der Waals surface area contributed by atoms with Gasteiger partial charge in [-0.05, 0) is 19.8 Å². The predicted molar refractivity (Wildman–Crippen MR) is 31.2 cm³/mol. The molecular weight excluding hydrogens is 120 g/mol. The highest BCUT2D eigenvalue weighted by Gasteiger charge is 2.00. The molecule has 0 bridgehead atoms. The maximum Gasteiger partial charge on any atom is 0.355 e. The van der Waals surface area contributed by atoms with E-state index in [9.17, 15) is 9.90 Å². The van der Waals surface area contributed by atoms with E-state index in [-0.39, 0.29) is 6.42 Å². The van der Waals surface area contributed by atoms with Crippen LogP contribution in [-0.2, 0) is 9.90 Å². The van der Waals surface area contributed by atoms with E-state index < -0.39 is 12.1 Å². The van der Waals surface area contributed by atoms with Gasteiger partial charge in [-0.15, -0.1) is 0 Å². The first-order chi connectivity index (χ1) is 4.13. The number of hydrogen-bond acceptors (Lipinski definition) is 2. The van der Waals surface area contributed by atoms with Crippen molar-refractivity contribution in [2.75, 3.05) is 0 Å². The largest absolute Gasteiger partial charge is 0.393 e. The number of rotatable bonds is 4. The summed E-state index contributed by atoms with van der Waals surface area (Å²) in [6.45, 7) is 1.63. The van der Waals surface area contributed by atoms with Gasteiger partial charge in [-0.25, -0.2) is 9.90 Å². The summed E-state index contributed by atoms with van der Waals surface area (Å²) in [6, 6.07) is 0. The van der Waals surface area contributed by atoms with Crippen LogP contribution in [0.1, 0.15) is 26.2 Å². The first-order valence-corrected chi connectivity index (χ1v) is 3.01. The van der Waals surface area contributed by atoms with Crippen molar-refractivity contribution >= 4 is 5.97 Å². The summed E-state index contributed by atoms with van der Waals surface area (Å²) in [7, 11) is 0. The van der Waals surface area contributed by atoms with Gasteiger partial charge in [-0.2, -0.15) is 0 Å². The highest BCUT2D eigenvalue weighted by molar-refractivity contribution is 5.66. The van der Waals surface area contributed by atoms with Crippen LogP contribution in [0.25, 0.3) is 0 Å². The van der Waals surface area contributed by atoms with Crippen molar-refractivity contribution in [1.29, 1.82) is 0 Å². The zero-order valence-electron chi connectivity index (χ0n) is 5.46. The van der Waals surface area contributed by atoms with Crippen LogP contribution < -0.4 is 0 Å². The Labute approximate surface area is 54.3 Å². The van der Waals surface area contributed by atoms with Crippen LogP contribution in [0.3, 0.4) is 0 Å². The highest BCUT2D eigenvalue weighted by Crippen LogP contribution is 1.98. The topological polar surface area (TPSA) is 57.2 Å². The molecule has 0 aromatic carbocycles. The van der Waals surface area contributed by atoms with Gasteiger partial charge in [0.15, 0.2) is 0 Å². The van der Waals surface area contributed by atoms with Crippen molar-refractivity contribution < 1.29 is 15.0 Å². The summed E-state index contributed by atoms with van der Waals surface area (Å²) in [6.07, 6.45) is 0.683. The Morgan fingerprint density at radius 2 is 2.22 bits per heavy atom. The van der Waals surface area contributed by atoms with Gasteiger partial charge in [0.25, 0.3) is 0 Å². The molecule has 0 saturated heterocycles. The summed E-state index contributed by atoms with van der Waals surface area (Å²) in [5.74, 6) is -1.05. The number of aliphatic hydroxyl groups is 1. The van der Waals surface area contributed by atoms with Gasteiger partial charge in [0.05, 0.1) is 12.5 Å². The minimum atomic E-state index is -1.05. The Bertz CT molecular complexity index is 88.3. The van der Waals surface area contributed by atoms with Gasteiger partial charge in [0, 0.05) is 0 Å². The molecule has 0 aromatic rings. The minimum Gasteiger partial charge on any atom is -0.393 e. The number of aliphatic hydroxyl groups excluding tert-OH is 1. The number of hydrogen-bond donors (Lipinski definition) is 1. The average molecular weight is 131 g/mol. The summed E-state index contributed by atoms with van der Waals surface area (Å²) in [4.78, 5) is 9.79. The van der Waals surface area contributed by atoms with Gasteiger partial charge in [-0.1, -0.05) is 0 Å². The van der Waals surface area contributed by atoms with Crippen molar-refractivity contribution in [3.63, 3.8) is 0 Å². The van der Waals surface area contributed by atoms with Gasteiger partial charge >= 0.3 is 5.97 Å². The predicted octanol–water partition coefficient (Wildman–Crippen LogP) is 0.495. The van der Waals surface area contributed by atoms with E-state index in [0.717, 1.165) is 0 Å². The molecule has 3 nitrogen and oxygen atoms in total. The van der Waals surface area contributed by atoms with E-state index in [0.29, 0.717) is 12.8 Å². The lowest BCUT2D eigenvalue weighted by molar-refractivity contribution is -0.143. The number of carbonyl (C=O) groups is 1. The second-order valence-corrected chi connectivity index (χ2v) is 2.11. The summed E-state index contributed by atoms with van der Waals surface area (Å²) < 4.78 is 0.